The second-order valence-corrected chi connectivity index (χ2v) is 20.8. The first kappa shape index (κ1) is 68.1. The van der Waals surface area contributed by atoms with Crippen LogP contribution in [-0.2, 0) is 33.2 Å². The largest absolute Gasteiger partial charge is 0.457 e. The van der Waals surface area contributed by atoms with Gasteiger partial charge in [-0.15, -0.1) is 0 Å². The number of aliphatic hydroxyl groups excluding tert-OH is 7. The van der Waals surface area contributed by atoms with E-state index in [9.17, 15) is 40.5 Å². The van der Waals surface area contributed by atoms with Crippen molar-refractivity contribution in [3.05, 3.63) is 48.6 Å². The highest BCUT2D eigenvalue weighted by Gasteiger charge is 2.47. The molecule has 14 nitrogen and oxygen atoms in total. The fraction of sp³-hybridized carbons (Fsp3) is 0.850. The average molecular weight is 1050 g/mol. The maximum atomic E-state index is 13.1. The third-order valence-electron chi connectivity index (χ3n) is 14.1. The molecule has 2 heterocycles. The smallest absolute Gasteiger partial charge is 0.306 e. The van der Waals surface area contributed by atoms with Gasteiger partial charge in [-0.05, 0) is 77.0 Å². The van der Waals surface area contributed by atoms with Crippen molar-refractivity contribution in [1.29, 1.82) is 0 Å². The van der Waals surface area contributed by atoms with E-state index in [0.717, 1.165) is 70.6 Å². The van der Waals surface area contributed by atoms with Crippen LogP contribution in [0, 0.1) is 0 Å². The predicted molar refractivity (Wildman–Crippen MR) is 293 cm³/mol. The van der Waals surface area contributed by atoms with E-state index in [0.29, 0.717) is 13.0 Å². The van der Waals surface area contributed by atoms with E-state index in [-0.39, 0.29) is 25.6 Å². The van der Waals surface area contributed by atoms with Gasteiger partial charge in [-0.2, -0.15) is 0 Å². The van der Waals surface area contributed by atoms with E-state index < -0.39 is 80.7 Å². The number of allylic oxidation sites excluding steroid dienone is 8. The van der Waals surface area contributed by atoms with Crippen molar-refractivity contribution in [2.24, 2.45) is 0 Å². The summed E-state index contributed by atoms with van der Waals surface area (Å²) in [6, 6.07) is 0. The maximum Gasteiger partial charge on any atom is 0.306 e. The molecular formula is C60H108O14. The molecule has 14 heteroatoms. The fourth-order valence-corrected chi connectivity index (χ4v) is 9.23. The van der Waals surface area contributed by atoms with Crippen molar-refractivity contribution in [2.45, 2.75) is 293 Å². The SMILES string of the molecule is CCCCCCC/C=C\C/C=C\C/C=C\CCCCCCCCC(=O)OC(COCCCCCCCCCC/C=C\CCCCCCCCC)COC1OC(COC2OC(CO)C(O)C(O)C2O)C(O)C(O)C1O. The van der Waals surface area contributed by atoms with Crippen molar-refractivity contribution in [2.75, 3.05) is 33.0 Å². The van der Waals surface area contributed by atoms with Gasteiger partial charge in [-0.3, -0.25) is 4.79 Å². The van der Waals surface area contributed by atoms with Crippen LogP contribution >= 0.6 is 0 Å². The molecule has 0 aromatic carbocycles. The van der Waals surface area contributed by atoms with E-state index in [2.05, 4.69) is 62.5 Å². The highest BCUT2D eigenvalue weighted by Crippen LogP contribution is 2.27. The highest BCUT2D eigenvalue weighted by molar-refractivity contribution is 5.69. The Morgan fingerprint density at radius 3 is 1.32 bits per heavy atom. The molecule has 0 aromatic rings. The minimum Gasteiger partial charge on any atom is -0.457 e. The Morgan fingerprint density at radius 1 is 0.446 bits per heavy atom. The molecular weight excluding hydrogens is 945 g/mol. The van der Waals surface area contributed by atoms with Crippen LogP contribution < -0.4 is 0 Å². The Morgan fingerprint density at radius 2 is 0.838 bits per heavy atom. The van der Waals surface area contributed by atoms with Crippen molar-refractivity contribution in [3.63, 3.8) is 0 Å². The summed E-state index contributed by atoms with van der Waals surface area (Å²) in [5, 5.41) is 72.4. The van der Waals surface area contributed by atoms with Gasteiger partial charge < -0.3 is 64.2 Å². The van der Waals surface area contributed by atoms with Crippen molar-refractivity contribution in [3.8, 4) is 0 Å². The number of hydrogen-bond donors (Lipinski definition) is 7. The van der Waals surface area contributed by atoms with E-state index >= 15 is 0 Å². The zero-order valence-corrected chi connectivity index (χ0v) is 46.3. The van der Waals surface area contributed by atoms with Crippen LogP contribution in [0.25, 0.3) is 0 Å². The van der Waals surface area contributed by atoms with Crippen molar-refractivity contribution >= 4 is 5.97 Å². The lowest BCUT2D eigenvalue weighted by Crippen LogP contribution is -2.61. The summed E-state index contributed by atoms with van der Waals surface area (Å²) in [5.41, 5.74) is 0. The molecule has 2 aliphatic rings. The van der Waals surface area contributed by atoms with Gasteiger partial charge in [0.05, 0.1) is 26.4 Å². The van der Waals surface area contributed by atoms with E-state index in [4.69, 9.17) is 28.4 Å². The Kier molecular flexibility index (Phi) is 43.2. The molecule has 2 rings (SSSR count). The second kappa shape index (κ2) is 47.0. The topological polar surface area (TPSA) is 214 Å². The highest BCUT2D eigenvalue weighted by atomic mass is 16.7. The molecule has 0 aromatic heterocycles. The predicted octanol–water partition coefficient (Wildman–Crippen LogP) is 10.7. The molecule has 2 fully saturated rings. The van der Waals surface area contributed by atoms with Crippen LogP contribution in [0.5, 0.6) is 0 Å². The number of carbonyl (C=O) groups is 1. The lowest BCUT2D eigenvalue weighted by molar-refractivity contribution is -0.332. The summed E-state index contributed by atoms with van der Waals surface area (Å²) < 4.78 is 34.4. The maximum absolute atomic E-state index is 13.1. The lowest BCUT2D eigenvalue weighted by Gasteiger charge is -2.42. The number of hydrogen-bond acceptors (Lipinski definition) is 14. The minimum atomic E-state index is -1.71. The standard InChI is InChI=1S/C60H108O14/c1-3-5-7-9-11-13-15-17-19-21-23-24-25-27-29-31-33-35-37-39-41-43-52(62)72-49(46-69-44-42-40-38-36-34-32-30-28-26-22-20-18-16-14-12-10-8-6-4-2)47-70-59-58(68)56(66)54(64)51(74-59)48-71-60-57(67)55(65)53(63)50(45-61)73-60/h15,17,20-23,25,27,49-51,53-61,63-68H,3-14,16,18-19,24,26,28-48H2,1-2H3/b17-15-,22-20-,23-21-,27-25-. The summed E-state index contributed by atoms with van der Waals surface area (Å²) in [5.74, 6) is -0.388. The van der Waals surface area contributed by atoms with Gasteiger partial charge in [0.1, 0.15) is 54.9 Å². The van der Waals surface area contributed by atoms with Gasteiger partial charge in [0.15, 0.2) is 12.6 Å². The summed E-state index contributed by atoms with van der Waals surface area (Å²) >= 11 is 0. The first-order valence-corrected chi connectivity index (χ1v) is 29.7. The van der Waals surface area contributed by atoms with E-state index in [1.807, 2.05) is 0 Å². The van der Waals surface area contributed by atoms with Gasteiger partial charge in [0.25, 0.3) is 0 Å². The molecule has 74 heavy (non-hydrogen) atoms. The molecule has 0 radical (unpaired) electrons. The zero-order valence-electron chi connectivity index (χ0n) is 46.3. The van der Waals surface area contributed by atoms with Gasteiger partial charge in [-0.25, -0.2) is 0 Å². The molecule has 0 aliphatic carbocycles. The van der Waals surface area contributed by atoms with Crippen LogP contribution in [0.2, 0.25) is 0 Å². The molecule has 2 aliphatic heterocycles. The third-order valence-corrected chi connectivity index (χ3v) is 14.1. The number of unbranched alkanes of at least 4 members (excludes halogenated alkanes) is 26. The van der Waals surface area contributed by atoms with Crippen LogP contribution in [0.3, 0.4) is 0 Å². The van der Waals surface area contributed by atoms with Gasteiger partial charge >= 0.3 is 5.97 Å². The normalized spacial score (nSPS) is 25.1. The van der Waals surface area contributed by atoms with Crippen LogP contribution in [0.4, 0.5) is 0 Å². The molecule has 0 bridgehead atoms. The first-order chi connectivity index (χ1) is 36.1. The Balaban J connectivity index is 1.72. The summed E-state index contributed by atoms with van der Waals surface area (Å²) in [6.45, 7) is 3.67. The van der Waals surface area contributed by atoms with E-state index in [1.165, 1.54) is 128 Å². The lowest BCUT2D eigenvalue weighted by atomic mass is 9.98. The second-order valence-electron chi connectivity index (χ2n) is 20.8. The number of ether oxygens (including phenoxy) is 6. The molecule has 0 spiro atoms. The minimum absolute atomic E-state index is 0.0538. The summed E-state index contributed by atoms with van der Waals surface area (Å²) in [6.07, 6.45) is 40.2. The number of carbonyl (C=O) groups excluding carboxylic acids is 1. The molecule has 0 amide bonds. The molecule has 7 N–H and O–H groups in total. The third kappa shape index (κ3) is 33.3. The van der Waals surface area contributed by atoms with Crippen LogP contribution in [-0.4, -0.2) is 142 Å². The number of aliphatic hydroxyl groups is 7. The quantitative estimate of drug-likeness (QED) is 0.0172. The van der Waals surface area contributed by atoms with Crippen LogP contribution in [0.15, 0.2) is 48.6 Å². The fourth-order valence-electron chi connectivity index (χ4n) is 9.23. The summed E-state index contributed by atoms with van der Waals surface area (Å²) in [4.78, 5) is 13.1. The van der Waals surface area contributed by atoms with Crippen molar-refractivity contribution in [1.82, 2.24) is 0 Å². The van der Waals surface area contributed by atoms with Gasteiger partial charge in [0, 0.05) is 13.0 Å². The monoisotopic (exact) mass is 1050 g/mol. The number of esters is 1. The Labute approximate surface area is 448 Å². The molecule has 432 valence electrons. The Bertz CT molecular complexity index is 1410. The van der Waals surface area contributed by atoms with E-state index in [1.54, 1.807) is 0 Å². The van der Waals surface area contributed by atoms with Gasteiger partial charge in [-0.1, -0.05) is 191 Å². The zero-order chi connectivity index (χ0) is 53.7. The summed E-state index contributed by atoms with van der Waals surface area (Å²) in [7, 11) is 0. The molecule has 11 unspecified atom stereocenters. The molecule has 0 saturated carbocycles. The average Bonchev–Trinajstić information content (AvgIpc) is 3.40. The number of rotatable bonds is 48. The first-order valence-electron chi connectivity index (χ1n) is 29.7. The van der Waals surface area contributed by atoms with Crippen LogP contribution in [0.1, 0.15) is 226 Å². The molecule has 2 saturated heterocycles. The van der Waals surface area contributed by atoms with Crippen molar-refractivity contribution < 1.29 is 69.0 Å². The van der Waals surface area contributed by atoms with Gasteiger partial charge in [0.2, 0.25) is 0 Å². The molecule has 11 atom stereocenters. The Hall–Kier alpha value is -2.05.